The monoisotopic (exact) mass is 226 g/mol. The van der Waals surface area contributed by atoms with Gasteiger partial charge < -0.3 is 10.5 Å². The van der Waals surface area contributed by atoms with Crippen LogP contribution in [0.15, 0.2) is 0 Å². The number of nitrogens with zero attached hydrogens (tertiary/aromatic N) is 1. The van der Waals surface area contributed by atoms with Crippen molar-refractivity contribution in [2.45, 2.75) is 51.3 Å². The number of carbonyl (C=O) groups excluding carboxylic acids is 2. The molecule has 90 valence electrons. The van der Waals surface area contributed by atoms with Gasteiger partial charge in [0.2, 0.25) is 5.91 Å². The molecule has 2 rings (SSSR count). The smallest absolute Gasteiger partial charge is 0.411 e. The zero-order chi connectivity index (χ0) is 12.1. The van der Waals surface area contributed by atoms with Crippen LogP contribution in [0, 0.1) is 5.92 Å². The number of carbonyl (C=O) groups is 2. The van der Waals surface area contributed by atoms with Gasteiger partial charge in [-0.25, -0.2) is 4.79 Å². The minimum Gasteiger partial charge on any atom is -0.444 e. The van der Waals surface area contributed by atoms with Crippen molar-refractivity contribution in [3.8, 4) is 0 Å². The average molecular weight is 226 g/mol. The van der Waals surface area contributed by atoms with Gasteiger partial charge in [0.1, 0.15) is 11.6 Å². The first-order chi connectivity index (χ1) is 7.29. The van der Waals surface area contributed by atoms with E-state index in [-0.39, 0.29) is 6.04 Å². The number of fused-ring (bicyclic) bond motifs is 1. The van der Waals surface area contributed by atoms with E-state index >= 15 is 0 Å². The third-order valence-corrected chi connectivity index (χ3v) is 3.04. The van der Waals surface area contributed by atoms with Gasteiger partial charge in [-0.1, -0.05) is 0 Å². The van der Waals surface area contributed by atoms with Gasteiger partial charge in [-0.3, -0.25) is 9.69 Å². The van der Waals surface area contributed by atoms with Gasteiger partial charge in [-0.05, 0) is 39.5 Å². The first kappa shape index (κ1) is 11.2. The summed E-state index contributed by atoms with van der Waals surface area (Å²) in [6.45, 7) is 5.43. The summed E-state index contributed by atoms with van der Waals surface area (Å²) in [6, 6.07) is -0.300. The van der Waals surface area contributed by atoms with Crippen molar-refractivity contribution in [3.05, 3.63) is 0 Å². The van der Waals surface area contributed by atoms with Crippen LogP contribution in [0.2, 0.25) is 0 Å². The maximum absolute atomic E-state index is 11.9. The summed E-state index contributed by atoms with van der Waals surface area (Å²) in [5.74, 6) is 0.0167. The van der Waals surface area contributed by atoms with Gasteiger partial charge in [0.25, 0.3) is 0 Å². The molecule has 0 aromatic heterocycles. The van der Waals surface area contributed by atoms with E-state index in [9.17, 15) is 9.59 Å². The maximum atomic E-state index is 11.9. The molecule has 5 nitrogen and oxygen atoms in total. The van der Waals surface area contributed by atoms with Crippen LogP contribution in [0.25, 0.3) is 0 Å². The van der Waals surface area contributed by atoms with Crippen molar-refractivity contribution in [1.29, 1.82) is 0 Å². The number of hydrogen-bond acceptors (Lipinski definition) is 3. The summed E-state index contributed by atoms with van der Waals surface area (Å²) in [5, 5.41) is 0. The van der Waals surface area contributed by atoms with E-state index in [0.717, 1.165) is 6.42 Å². The molecule has 5 heteroatoms. The molecule has 0 unspecified atom stereocenters. The standard InChI is InChI=1S/C11H18N2O3/c1-11(2,3)16-10(15)13-7-4-6(7)5-8(13)9(12)14/h6-8H,4-5H2,1-3H3,(H2,12,14)/t6-,7+,8-/m0/s1. The normalized spacial score (nSPS) is 32.2. The second-order valence-electron chi connectivity index (χ2n) is 5.60. The first-order valence-corrected chi connectivity index (χ1v) is 5.60. The number of amides is 2. The second-order valence-corrected chi connectivity index (χ2v) is 5.60. The third kappa shape index (κ3) is 1.99. The van der Waals surface area contributed by atoms with Crippen LogP contribution in [-0.4, -0.2) is 34.6 Å². The largest absolute Gasteiger partial charge is 0.444 e. The van der Waals surface area contributed by atoms with Crippen LogP contribution < -0.4 is 5.73 Å². The molecule has 1 heterocycles. The molecule has 2 amide bonds. The molecule has 1 aliphatic carbocycles. The number of ether oxygens (including phenoxy) is 1. The van der Waals surface area contributed by atoms with E-state index in [2.05, 4.69) is 0 Å². The lowest BCUT2D eigenvalue weighted by molar-refractivity contribution is -0.122. The van der Waals surface area contributed by atoms with Gasteiger partial charge >= 0.3 is 6.09 Å². The average Bonchev–Trinajstić information content (AvgIpc) is 2.73. The van der Waals surface area contributed by atoms with Crippen molar-refractivity contribution < 1.29 is 14.3 Å². The third-order valence-electron chi connectivity index (χ3n) is 3.04. The molecule has 0 aromatic carbocycles. The molecule has 0 spiro atoms. The van der Waals surface area contributed by atoms with Crippen LogP contribution in [0.4, 0.5) is 4.79 Å². The van der Waals surface area contributed by atoms with Crippen molar-refractivity contribution >= 4 is 12.0 Å². The van der Waals surface area contributed by atoms with Crippen molar-refractivity contribution in [2.24, 2.45) is 11.7 Å². The van der Waals surface area contributed by atoms with Crippen LogP contribution >= 0.6 is 0 Å². The molecular formula is C11H18N2O3. The van der Waals surface area contributed by atoms with E-state index in [1.165, 1.54) is 4.90 Å². The SMILES string of the molecule is CC(C)(C)OC(=O)N1[C@@H]2C[C@H]2C[C@H]1C(N)=O. The fourth-order valence-corrected chi connectivity index (χ4v) is 2.29. The Morgan fingerprint density at radius 3 is 2.44 bits per heavy atom. The van der Waals surface area contributed by atoms with E-state index < -0.39 is 23.6 Å². The molecular weight excluding hydrogens is 208 g/mol. The summed E-state index contributed by atoms with van der Waals surface area (Å²) < 4.78 is 5.28. The minimum absolute atomic E-state index is 0.173. The van der Waals surface area contributed by atoms with Gasteiger partial charge in [0, 0.05) is 6.04 Å². The Morgan fingerprint density at radius 2 is 1.94 bits per heavy atom. The fourth-order valence-electron chi connectivity index (χ4n) is 2.29. The Hall–Kier alpha value is -1.26. The predicted molar refractivity (Wildman–Crippen MR) is 57.6 cm³/mol. The van der Waals surface area contributed by atoms with E-state index in [1.54, 1.807) is 0 Å². The summed E-state index contributed by atoms with van der Waals surface area (Å²) >= 11 is 0. The lowest BCUT2D eigenvalue weighted by Crippen LogP contribution is -2.47. The van der Waals surface area contributed by atoms with Gasteiger partial charge in [0.15, 0.2) is 0 Å². The van der Waals surface area contributed by atoms with Crippen LogP contribution in [0.1, 0.15) is 33.6 Å². The maximum Gasteiger partial charge on any atom is 0.411 e. The number of nitrogens with two attached hydrogens (primary N) is 1. The second kappa shape index (κ2) is 3.37. The highest BCUT2D eigenvalue weighted by Gasteiger charge is 2.56. The molecule has 0 bridgehead atoms. The lowest BCUT2D eigenvalue weighted by Gasteiger charge is -2.28. The van der Waals surface area contributed by atoms with Gasteiger partial charge in [-0.15, -0.1) is 0 Å². The minimum atomic E-state index is -0.535. The first-order valence-electron chi connectivity index (χ1n) is 5.60. The number of piperidine rings is 1. The van der Waals surface area contributed by atoms with Crippen molar-refractivity contribution in [1.82, 2.24) is 4.90 Å². The van der Waals surface area contributed by atoms with Gasteiger partial charge in [0.05, 0.1) is 0 Å². The van der Waals surface area contributed by atoms with E-state index in [1.807, 2.05) is 20.8 Å². The van der Waals surface area contributed by atoms with Crippen LogP contribution in [0.5, 0.6) is 0 Å². The number of hydrogen-bond donors (Lipinski definition) is 1. The van der Waals surface area contributed by atoms with Gasteiger partial charge in [-0.2, -0.15) is 0 Å². The molecule has 0 aromatic rings. The summed E-state index contributed by atoms with van der Waals surface area (Å²) in [7, 11) is 0. The Labute approximate surface area is 94.9 Å². The Bertz CT molecular complexity index is 335. The highest BCUT2D eigenvalue weighted by molar-refractivity contribution is 5.85. The highest BCUT2D eigenvalue weighted by atomic mass is 16.6. The lowest BCUT2D eigenvalue weighted by atomic mass is 10.1. The van der Waals surface area contributed by atoms with Crippen molar-refractivity contribution in [3.63, 3.8) is 0 Å². The molecule has 2 N–H and O–H groups in total. The summed E-state index contributed by atoms with van der Waals surface area (Å²) in [6.07, 6.45) is 1.25. The molecule has 1 saturated carbocycles. The Kier molecular flexibility index (Phi) is 2.36. The number of likely N-dealkylation sites (tertiary alicyclic amines) is 1. The molecule has 2 fully saturated rings. The quantitative estimate of drug-likeness (QED) is 0.721. The van der Waals surface area contributed by atoms with E-state index in [0.29, 0.717) is 12.3 Å². The zero-order valence-electron chi connectivity index (χ0n) is 9.90. The molecule has 1 aliphatic heterocycles. The number of primary amides is 1. The number of rotatable bonds is 1. The van der Waals surface area contributed by atoms with Crippen LogP contribution in [-0.2, 0) is 9.53 Å². The van der Waals surface area contributed by atoms with E-state index in [4.69, 9.17) is 10.5 Å². The molecule has 0 radical (unpaired) electrons. The molecule has 2 aliphatic rings. The topological polar surface area (TPSA) is 72.6 Å². The highest BCUT2D eigenvalue weighted by Crippen LogP contribution is 2.48. The summed E-state index contributed by atoms with van der Waals surface area (Å²) in [4.78, 5) is 24.7. The molecule has 16 heavy (non-hydrogen) atoms. The summed E-state index contributed by atoms with van der Waals surface area (Å²) in [5.41, 5.74) is 4.75. The predicted octanol–water partition coefficient (Wildman–Crippen LogP) is 0.870. The molecule has 3 atom stereocenters. The Morgan fingerprint density at radius 1 is 1.31 bits per heavy atom. The van der Waals surface area contributed by atoms with Crippen molar-refractivity contribution in [2.75, 3.05) is 0 Å². The molecule has 1 saturated heterocycles. The fraction of sp³-hybridized carbons (Fsp3) is 0.818. The van der Waals surface area contributed by atoms with Crippen LogP contribution in [0.3, 0.4) is 0 Å². The Balaban J connectivity index is 2.07. The zero-order valence-corrected chi connectivity index (χ0v) is 9.90.